The van der Waals surface area contributed by atoms with Gasteiger partial charge in [-0.1, -0.05) is 18.2 Å². The van der Waals surface area contributed by atoms with Crippen LogP contribution in [0.3, 0.4) is 0 Å². The number of furan rings is 1. The Hall–Kier alpha value is -2.23. The number of hydrogen-bond acceptors (Lipinski definition) is 4. The highest BCUT2D eigenvalue weighted by Gasteiger charge is 2.25. The molecular formula is C21H29IN4O3. The second-order valence-corrected chi connectivity index (χ2v) is 6.88. The Morgan fingerprint density at radius 2 is 1.86 bits per heavy atom. The molecule has 1 fully saturated rings. The first-order chi connectivity index (χ1) is 13.6. The maximum atomic E-state index is 12.4. The number of aliphatic imine (C=N–C) groups is 1. The minimum atomic E-state index is -0.0622. The van der Waals surface area contributed by atoms with E-state index < -0.39 is 0 Å². The van der Waals surface area contributed by atoms with Gasteiger partial charge in [0.05, 0.1) is 12.8 Å². The average molecular weight is 512 g/mol. The molecule has 1 N–H and O–H groups in total. The summed E-state index contributed by atoms with van der Waals surface area (Å²) in [6.07, 6.45) is 1.52. The maximum absolute atomic E-state index is 12.4. The van der Waals surface area contributed by atoms with Crippen LogP contribution < -0.4 is 10.1 Å². The van der Waals surface area contributed by atoms with E-state index in [1.807, 2.05) is 43.0 Å². The molecule has 3 rings (SSSR count). The third-order valence-electron chi connectivity index (χ3n) is 4.78. The molecule has 1 amide bonds. The lowest BCUT2D eigenvalue weighted by Crippen LogP contribution is -2.54. The molecule has 8 heteroatoms. The SMILES string of the molecule is CN=C(NCC(C)Oc1ccccc1C)N1CCN(C(=O)c2ccco2)CC1.I. The molecule has 1 aromatic carbocycles. The number of aryl methyl sites for hydroxylation is 1. The van der Waals surface area contributed by atoms with Gasteiger partial charge in [-0.15, -0.1) is 24.0 Å². The monoisotopic (exact) mass is 512 g/mol. The zero-order valence-corrected chi connectivity index (χ0v) is 19.5. The van der Waals surface area contributed by atoms with Crippen molar-refractivity contribution in [2.45, 2.75) is 20.0 Å². The van der Waals surface area contributed by atoms with Crippen molar-refractivity contribution in [3.05, 3.63) is 54.0 Å². The summed E-state index contributed by atoms with van der Waals surface area (Å²) in [6.45, 7) is 7.43. The molecule has 29 heavy (non-hydrogen) atoms. The topological polar surface area (TPSA) is 70.3 Å². The van der Waals surface area contributed by atoms with E-state index >= 15 is 0 Å². The maximum Gasteiger partial charge on any atom is 0.289 e. The lowest BCUT2D eigenvalue weighted by molar-refractivity contribution is 0.0657. The Kier molecular flexibility index (Phi) is 8.81. The van der Waals surface area contributed by atoms with Crippen molar-refractivity contribution in [3.63, 3.8) is 0 Å². The van der Waals surface area contributed by atoms with E-state index in [-0.39, 0.29) is 36.0 Å². The molecular weight excluding hydrogens is 483 g/mol. The van der Waals surface area contributed by atoms with Crippen LogP contribution in [0.4, 0.5) is 0 Å². The Labute approximate surface area is 189 Å². The van der Waals surface area contributed by atoms with Gasteiger partial charge in [-0.2, -0.15) is 0 Å². The van der Waals surface area contributed by atoms with Gasteiger partial charge in [0, 0.05) is 33.2 Å². The Morgan fingerprint density at radius 1 is 1.17 bits per heavy atom. The van der Waals surface area contributed by atoms with Crippen molar-refractivity contribution in [3.8, 4) is 5.75 Å². The highest BCUT2D eigenvalue weighted by molar-refractivity contribution is 14.0. The molecule has 0 aliphatic carbocycles. The van der Waals surface area contributed by atoms with Crippen molar-refractivity contribution < 1.29 is 13.9 Å². The first kappa shape index (κ1) is 23.1. The number of guanidine groups is 1. The number of rotatable bonds is 5. The summed E-state index contributed by atoms with van der Waals surface area (Å²) in [7, 11) is 1.77. The average Bonchev–Trinajstić information content (AvgIpc) is 3.25. The number of carbonyl (C=O) groups is 1. The highest BCUT2D eigenvalue weighted by Crippen LogP contribution is 2.17. The lowest BCUT2D eigenvalue weighted by Gasteiger charge is -2.36. The molecule has 0 saturated carbocycles. The van der Waals surface area contributed by atoms with E-state index in [9.17, 15) is 4.79 Å². The van der Waals surface area contributed by atoms with Crippen molar-refractivity contribution in [2.24, 2.45) is 4.99 Å². The number of piperazine rings is 1. The normalized spacial score (nSPS) is 15.5. The van der Waals surface area contributed by atoms with E-state index in [1.54, 1.807) is 19.2 Å². The van der Waals surface area contributed by atoms with Gasteiger partial charge in [0.15, 0.2) is 11.7 Å². The van der Waals surface area contributed by atoms with Crippen LogP contribution in [0.5, 0.6) is 5.75 Å². The predicted octanol–water partition coefficient (Wildman–Crippen LogP) is 3.01. The van der Waals surface area contributed by atoms with Gasteiger partial charge >= 0.3 is 0 Å². The number of carbonyl (C=O) groups excluding carboxylic acids is 1. The first-order valence-electron chi connectivity index (χ1n) is 9.59. The third kappa shape index (κ3) is 6.12. The zero-order valence-electron chi connectivity index (χ0n) is 17.1. The van der Waals surface area contributed by atoms with E-state index in [0.717, 1.165) is 30.4 Å². The van der Waals surface area contributed by atoms with Gasteiger partial charge in [-0.25, -0.2) is 0 Å². The van der Waals surface area contributed by atoms with Crippen LogP contribution >= 0.6 is 24.0 Å². The molecule has 2 aromatic rings. The fourth-order valence-electron chi connectivity index (χ4n) is 3.19. The molecule has 0 bridgehead atoms. The molecule has 2 heterocycles. The molecule has 0 radical (unpaired) electrons. The number of benzene rings is 1. The molecule has 7 nitrogen and oxygen atoms in total. The Morgan fingerprint density at radius 3 is 2.48 bits per heavy atom. The number of ether oxygens (including phenoxy) is 1. The van der Waals surface area contributed by atoms with Crippen LogP contribution in [0.2, 0.25) is 0 Å². The summed E-state index contributed by atoms with van der Waals surface area (Å²) in [5, 5.41) is 3.38. The quantitative estimate of drug-likeness (QED) is 0.379. The lowest BCUT2D eigenvalue weighted by atomic mass is 10.2. The molecule has 1 aliphatic heterocycles. The van der Waals surface area contributed by atoms with E-state index in [0.29, 0.717) is 25.4 Å². The number of para-hydroxylation sites is 1. The smallest absolute Gasteiger partial charge is 0.289 e. The van der Waals surface area contributed by atoms with Crippen LogP contribution in [0.1, 0.15) is 23.0 Å². The summed E-state index contributed by atoms with van der Waals surface area (Å²) < 4.78 is 11.2. The molecule has 158 valence electrons. The minimum Gasteiger partial charge on any atom is -0.489 e. The number of nitrogens with one attached hydrogen (secondary N) is 1. The second-order valence-electron chi connectivity index (χ2n) is 6.88. The van der Waals surface area contributed by atoms with Crippen LogP contribution in [-0.4, -0.2) is 67.5 Å². The van der Waals surface area contributed by atoms with Crippen molar-refractivity contribution in [2.75, 3.05) is 39.8 Å². The standard InChI is InChI=1S/C21H28N4O3.HI/c1-16-7-4-5-8-18(16)28-17(2)15-23-21(22-3)25-12-10-24(11-13-25)20(26)19-9-6-14-27-19;/h4-9,14,17H,10-13,15H2,1-3H3,(H,22,23);1H. The van der Waals surface area contributed by atoms with Crippen LogP contribution in [-0.2, 0) is 0 Å². The molecule has 1 unspecified atom stereocenters. The number of nitrogens with zero attached hydrogens (tertiary/aromatic N) is 3. The van der Waals surface area contributed by atoms with E-state index in [1.165, 1.54) is 6.26 Å². The molecule has 1 atom stereocenters. The van der Waals surface area contributed by atoms with Gasteiger partial charge in [0.2, 0.25) is 0 Å². The van der Waals surface area contributed by atoms with Crippen LogP contribution in [0, 0.1) is 6.92 Å². The van der Waals surface area contributed by atoms with Crippen LogP contribution in [0.15, 0.2) is 52.1 Å². The summed E-state index contributed by atoms with van der Waals surface area (Å²) in [4.78, 5) is 20.7. The highest BCUT2D eigenvalue weighted by atomic mass is 127. The predicted molar refractivity (Wildman–Crippen MR) is 124 cm³/mol. The number of hydrogen-bond donors (Lipinski definition) is 1. The second kappa shape index (κ2) is 11.1. The van der Waals surface area contributed by atoms with Crippen molar-refractivity contribution in [1.82, 2.24) is 15.1 Å². The zero-order chi connectivity index (χ0) is 19.9. The summed E-state index contributed by atoms with van der Waals surface area (Å²) in [5.74, 6) is 2.05. The molecule has 0 spiro atoms. The molecule has 1 aromatic heterocycles. The summed E-state index contributed by atoms with van der Waals surface area (Å²) >= 11 is 0. The van der Waals surface area contributed by atoms with Crippen molar-refractivity contribution in [1.29, 1.82) is 0 Å². The number of amides is 1. The Balaban J connectivity index is 0.00000300. The largest absolute Gasteiger partial charge is 0.489 e. The fourth-order valence-corrected chi connectivity index (χ4v) is 3.19. The van der Waals surface area contributed by atoms with Gasteiger partial charge in [-0.05, 0) is 37.6 Å². The Bertz CT molecular complexity index is 802. The summed E-state index contributed by atoms with van der Waals surface area (Å²) in [5.41, 5.74) is 1.12. The fraction of sp³-hybridized carbons (Fsp3) is 0.429. The van der Waals surface area contributed by atoms with Crippen molar-refractivity contribution >= 4 is 35.8 Å². The number of halogens is 1. The van der Waals surface area contributed by atoms with E-state index in [2.05, 4.69) is 15.2 Å². The van der Waals surface area contributed by atoms with Gasteiger partial charge in [0.25, 0.3) is 5.91 Å². The van der Waals surface area contributed by atoms with Crippen LogP contribution in [0.25, 0.3) is 0 Å². The van der Waals surface area contributed by atoms with E-state index in [4.69, 9.17) is 9.15 Å². The molecule has 1 aliphatic rings. The molecule has 1 saturated heterocycles. The third-order valence-corrected chi connectivity index (χ3v) is 4.78. The van der Waals surface area contributed by atoms with Gasteiger partial charge < -0.3 is 24.3 Å². The minimum absolute atomic E-state index is 0. The summed E-state index contributed by atoms with van der Waals surface area (Å²) in [6, 6.07) is 11.4. The first-order valence-corrected chi connectivity index (χ1v) is 9.59. The van der Waals surface area contributed by atoms with Gasteiger partial charge in [-0.3, -0.25) is 9.79 Å². The van der Waals surface area contributed by atoms with Gasteiger partial charge in [0.1, 0.15) is 11.9 Å².